The fourth-order valence-electron chi connectivity index (χ4n) is 1.72. The highest BCUT2D eigenvalue weighted by molar-refractivity contribution is 9.10. The highest BCUT2D eigenvalue weighted by Gasteiger charge is 2.08. The number of benzene rings is 2. The largest absolute Gasteiger partial charge is 0.508 e. The third kappa shape index (κ3) is 3.96. The van der Waals surface area contributed by atoms with Gasteiger partial charge in [0.15, 0.2) is 5.78 Å². The molecule has 20 heavy (non-hydrogen) atoms. The van der Waals surface area contributed by atoms with Crippen LogP contribution in [0.1, 0.15) is 16.8 Å². The highest BCUT2D eigenvalue weighted by atomic mass is 79.9. The minimum atomic E-state index is 0.00813. The van der Waals surface area contributed by atoms with Gasteiger partial charge in [-0.05, 0) is 36.4 Å². The van der Waals surface area contributed by atoms with Crippen molar-refractivity contribution in [1.82, 2.24) is 0 Å². The van der Waals surface area contributed by atoms with Gasteiger partial charge in [0.05, 0.1) is 6.42 Å². The van der Waals surface area contributed by atoms with E-state index in [2.05, 4.69) is 27.8 Å². The van der Waals surface area contributed by atoms with Crippen LogP contribution in [-0.4, -0.2) is 10.9 Å². The Labute approximate surface area is 126 Å². The number of hydrogen-bond acceptors (Lipinski definition) is 3. The molecular formula is C16H14BrNO2. The van der Waals surface area contributed by atoms with Crippen molar-refractivity contribution in [3.05, 3.63) is 70.8 Å². The van der Waals surface area contributed by atoms with Crippen molar-refractivity contribution in [2.75, 3.05) is 5.32 Å². The maximum atomic E-state index is 12.1. The number of aromatic hydroxyl groups is 1. The number of carbonyl (C=O) groups is 1. The summed E-state index contributed by atoms with van der Waals surface area (Å²) in [5.74, 6) is 0.209. The van der Waals surface area contributed by atoms with Crippen molar-refractivity contribution >= 4 is 27.4 Å². The second kappa shape index (κ2) is 6.39. The summed E-state index contributed by atoms with van der Waals surface area (Å²) in [6.45, 7) is 3.85. The predicted octanol–water partition coefficient (Wildman–Crippen LogP) is 4.35. The quantitative estimate of drug-likeness (QED) is 0.632. The fraction of sp³-hybridized carbons (Fsp3) is 0.0625. The van der Waals surface area contributed by atoms with Crippen LogP contribution in [0.25, 0.3) is 0 Å². The van der Waals surface area contributed by atoms with Gasteiger partial charge in [-0.3, -0.25) is 4.79 Å². The van der Waals surface area contributed by atoms with Crippen molar-refractivity contribution in [3.63, 3.8) is 0 Å². The zero-order valence-electron chi connectivity index (χ0n) is 10.8. The second-order valence-electron chi connectivity index (χ2n) is 4.38. The summed E-state index contributed by atoms with van der Waals surface area (Å²) in [4.78, 5) is 12.1. The van der Waals surface area contributed by atoms with Crippen LogP contribution < -0.4 is 5.32 Å². The molecule has 0 radical (unpaired) electrons. The lowest BCUT2D eigenvalue weighted by Crippen LogP contribution is -2.06. The molecule has 0 saturated heterocycles. The Morgan fingerprint density at radius 1 is 1.10 bits per heavy atom. The molecule has 4 heteroatoms. The number of phenols is 1. The molecule has 3 nitrogen and oxygen atoms in total. The van der Waals surface area contributed by atoms with Gasteiger partial charge in [-0.2, -0.15) is 0 Å². The molecule has 0 amide bonds. The van der Waals surface area contributed by atoms with E-state index in [1.807, 2.05) is 12.1 Å². The number of allylic oxidation sites excluding steroid dienone is 1. The van der Waals surface area contributed by atoms with Crippen LogP contribution in [0, 0.1) is 0 Å². The normalized spacial score (nSPS) is 10.1. The molecule has 0 saturated carbocycles. The molecule has 0 atom stereocenters. The van der Waals surface area contributed by atoms with Gasteiger partial charge in [0.1, 0.15) is 5.75 Å². The average Bonchev–Trinajstić information content (AvgIpc) is 2.42. The minimum absolute atomic E-state index is 0.00813. The number of halogens is 1. The molecule has 2 aromatic rings. The summed E-state index contributed by atoms with van der Waals surface area (Å²) < 4.78 is 0.940. The van der Waals surface area contributed by atoms with Gasteiger partial charge in [0.2, 0.25) is 0 Å². The lowest BCUT2D eigenvalue weighted by Gasteiger charge is -2.09. The Balaban J connectivity index is 1.95. The Morgan fingerprint density at radius 2 is 1.70 bits per heavy atom. The van der Waals surface area contributed by atoms with E-state index in [1.165, 1.54) is 0 Å². The van der Waals surface area contributed by atoms with Crippen LogP contribution in [0.2, 0.25) is 0 Å². The van der Waals surface area contributed by atoms with Crippen molar-refractivity contribution in [3.8, 4) is 5.75 Å². The Hall–Kier alpha value is -2.07. The molecule has 0 aliphatic carbocycles. The lowest BCUT2D eigenvalue weighted by atomic mass is 10.1. The lowest BCUT2D eigenvalue weighted by molar-refractivity contribution is 0.0993. The summed E-state index contributed by atoms with van der Waals surface area (Å²) >= 11 is 3.33. The number of rotatable bonds is 5. The monoisotopic (exact) mass is 331 g/mol. The second-order valence-corrected chi connectivity index (χ2v) is 5.30. The summed E-state index contributed by atoms with van der Waals surface area (Å²) in [7, 11) is 0. The van der Waals surface area contributed by atoms with Gasteiger partial charge in [0.25, 0.3) is 0 Å². The first kappa shape index (κ1) is 14.3. The van der Waals surface area contributed by atoms with Crippen LogP contribution in [0.15, 0.2) is 65.3 Å². The molecule has 0 aliphatic heterocycles. The van der Waals surface area contributed by atoms with E-state index in [4.69, 9.17) is 0 Å². The molecule has 2 N–H and O–H groups in total. The van der Waals surface area contributed by atoms with E-state index >= 15 is 0 Å². The zero-order chi connectivity index (χ0) is 14.5. The number of nitrogens with one attached hydrogen (secondary N) is 1. The molecule has 0 fully saturated rings. The molecule has 2 rings (SSSR count). The van der Waals surface area contributed by atoms with Gasteiger partial charge in [-0.1, -0.05) is 34.6 Å². The van der Waals surface area contributed by atoms with Gasteiger partial charge < -0.3 is 10.4 Å². The van der Waals surface area contributed by atoms with Crippen LogP contribution >= 0.6 is 15.9 Å². The molecule has 0 aromatic heterocycles. The summed E-state index contributed by atoms with van der Waals surface area (Å²) in [5, 5.41) is 12.2. The third-order valence-electron chi connectivity index (χ3n) is 2.73. The molecule has 0 aliphatic rings. The Morgan fingerprint density at radius 3 is 2.30 bits per heavy atom. The minimum Gasteiger partial charge on any atom is -0.508 e. The van der Waals surface area contributed by atoms with Gasteiger partial charge >= 0.3 is 0 Å². The van der Waals surface area contributed by atoms with Gasteiger partial charge in [-0.15, -0.1) is 0 Å². The first-order chi connectivity index (χ1) is 9.54. The van der Waals surface area contributed by atoms with Gasteiger partial charge in [-0.25, -0.2) is 0 Å². The van der Waals surface area contributed by atoms with Crippen LogP contribution in [-0.2, 0) is 0 Å². The van der Waals surface area contributed by atoms with E-state index in [0.29, 0.717) is 11.3 Å². The van der Waals surface area contributed by atoms with Crippen molar-refractivity contribution in [2.24, 2.45) is 0 Å². The number of ketones is 1. The summed E-state index contributed by atoms with van der Waals surface area (Å²) in [5.41, 5.74) is 2.06. The summed E-state index contributed by atoms with van der Waals surface area (Å²) in [6, 6.07) is 13.8. The fourth-order valence-corrected chi connectivity index (χ4v) is 1.99. The molecule has 2 aromatic carbocycles. The number of carbonyl (C=O) groups excluding carboxylic acids is 1. The standard InChI is InChI=1S/C16H14BrNO2/c1-11(18-14-6-8-15(19)9-7-14)10-16(20)12-2-4-13(17)5-3-12/h2-9,18-19H,1,10H2. The topological polar surface area (TPSA) is 49.3 Å². The Bertz CT molecular complexity index is 618. The van der Waals surface area contributed by atoms with Crippen LogP contribution in [0.5, 0.6) is 5.75 Å². The van der Waals surface area contributed by atoms with E-state index in [-0.39, 0.29) is 18.0 Å². The van der Waals surface area contributed by atoms with E-state index < -0.39 is 0 Å². The molecular weight excluding hydrogens is 318 g/mol. The first-order valence-electron chi connectivity index (χ1n) is 6.07. The van der Waals surface area contributed by atoms with Crippen molar-refractivity contribution in [1.29, 1.82) is 0 Å². The number of anilines is 1. The van der Waals surface area contributed by atoms with Crippen LogP contribution in [0.4, 0.5) is 5.69 Å². The van der Waals surface area contributed by atoms with Gasteiger partial charge in [0, 0.05) is 21.4 Å². The number of phenolic OH excluding ortho intramolecular Hbond substituents is 1. The van der Waals surface area contributed by atoms with E-state index in [1.54, 1.807) is 36.4 Å². The molecule has 0 unspecified atom stereocenters. The predicted molar refractivity (Wildman–Crippen MR) is 84.0 cm³/mol. The molecule has 0 bridgehead atoms. The van der Waals surface area contributed by atoms with Crippen LogP contribution in [0.3, 0.4) is 0 Å². The molecule has 102 valence electrons. The number of Topliss-reactive ketones (excluding diaryl/α,β-unsaturated/α-hetero) is 1. The SMILES string of the molecule is C=C(CC(=O)c1ccc(Br)cc1)Nc1ccc(O)cc1. The average molecular weight is 332 g/mol. The zero-order valence-corrected chi connectivity index (χ0v) is 12.4. The third-order valence-corrected chi connectivity index (χ3v) is 3.26. The maximum absolute atomic E-state index is 12.1. The van der Waals surface area contributed by atoms with Crippen molar-refractivity contribution in [2.45, 2.75) is 6.42 Å². The van der Waals surface area contributed by atoms with E-state index in [9.17, 15) is 9.90 Å². The Kier molecular flexibility index (Phi) is 4.58. The smallest absolute Gasteiger partial charge is 0.168 e. The number of hydrogen-bond donors (Lipinski definition) is 2. The van der Waals surface area contributed by atoms with E-state index in [0.717, 1.165) is 10.2 Å². The molecule has 0 heterocycles. The van der Waals surface area contributed by atoms with Crippen molar-refractivity contribution < 1.29 is 9.90 Å². The maximum Gasteiger partial charge on any atom is 0.168 e. The molecule has 0 spiro atoms. The highest BCUT2D eigenvalue weighted by Crippen LogP contribution is 2.18. The first-order valence-corrected chi connectivity index (χ1v) is 6.86. The summed E-state index contributed by atoms with van der Waals surface area (Å²) in [6.07, 6.45) is 0.225.